The first-order valence-corrected chi connectivity index (χ1v) is 43.2. The number of carbonyl (C=O) groups is 4. The van der Waals surface area contributed by atoms with Crippen LogP contribution in [0.5, 0.6) is 0 Å². The Hall–Kier alpha value is -12.9. The van der Waals surface area contributed by atoms with E-state index in [2.05, 4.69) is 150 Å². The van der Waals surface area contributed by atoms with Crippen LogP contribution in [-0.2, 0) is 59.3 Å². The maximum Gasteiger partial charge on any atom is 1.00 e. The molecular formula is C83H81Br2Cl2F2LiN35NaO8. The third-order valence-electron chi connectivity index (χ3n) is 20.5. The van der Waals surface area contributed by atoms with Crippen molar-refractivity contribution in [2.24, 2.45) is 10.8 Å². The molecule has 17 aromatic rings. The maximum absolute atomic E-state index is 14.5. The van der Waals surface area contributed by atoms with Gasteiger partial charge in [0.2, 0.25) is 0 Å². The van der Waals surface area contributed by atoms with Gasteiger partial charge in [-0.2, -0.15) is 25.5 Å². The van der Waals surface area contributed by atoms with Crippen LogP contribution in [0.4, 0.5) is 8.78 Å². The van der Waals surface area contributed by atoms with E-state index in [1.165, 1.54) is 92.0 Å². The summed E-state index contributed by atoms with van der Waals surface area (Å²) < 4.78 is 54.7. The van der Waals surface area contributed by atoms with E-state index >= 15 is 0 Å². The molecule has 51 heteroatoms. The number of ketones is 1. The second-order valence-electron chi connectivity index (χ2n) is 30.2. The minimum atomic E-state index is -1.09. The molecule has 0 aromatic carbocycles. The number of carboxylic acids is 1. The summed E-state index contributed by atoms with van der Waals surface area (Å²) >= 11 is 12.0. The first-order chi connectivity index (χ1) is 63.1. The number of nitrogens with zero attached hydrogens (tertiary/aromatic N) is 34. The summed E-state index contributed by atoms with van der Waals surface area (Å²) in [5.41, 5.74) is 43.1. The molecule has 43 nitrogen and oxygen atoms in total. The number of aryl methyl sites for hydroxylation is 1. The van der Waals surface area contributed by atoms with Crippen LogP contribution in [0.1, 0.15) is 214 Å². The molecule has 0 amide bonds. The second kappa shape index (κ2) is 47.1. The van der Waals surface area contributed by atoms with Gasteiger partial charge in [0, 0.05) is 65.8 Å². The standard InChI is InChI=1S/C22H18BrFN8O.C15H16N6O2.C13H12N6O2.C10H10ClN3.C10H10N6.C8H7BrFN3.C5H6O2.ClH.Li.N3.Na.H2O/c23-15-7-8-30-12-25-17(22(30)21(15)24)3-5-19(33)18-11-31(29-27-18)9-14-10-32-20(26-14)6-4-16(28-32)13-1-2-13;1-2-23-15(22)13-9-20(19-17-13)7-11-8-21-14(16-11)6-5-12(18-21)10-3-4-10;20-13(21)11-7-18(17-15-11)5-9-6-19-12(14-9)4-3-10(16-19)8-1-2-8;11-5-8-6-14-10(12-8)4-3-9(13-14)7-1-2-7;11-15-12-5-8-6-16-10(13-8)4-3-9(14-16)7-1-2-7;9-5-1-2-13-4-12-6(3-11)8(13)7(5)10;1-3-5(6)7-4-2;;;1-3-2;;/h4,6-8,10-13H,1-3,5,9H2;5-6,8-10H,2-4,7H2,1H3;3-4,6-8H,1-2,5H2,(H,20,21);3-4,6-7H,1-2,5H2;3-4,6-7H,1-2,5H2;1-2,4H,3,11H2;1H,4H2,2H3;1H;;;;1H2/q;;;;;;;;+1;-1;+1;/p-1. The van der Waals surface area contributed by atoms with Crippen molar-refractivity contribution in [2.75, 3.05) is 13.2 Å². The number of aromatic nitrogens is 28. The molecule has 17 heterocycles. The van der Waals surface area contributed by atoms with Crippen LogP contribution in [0, 0.1) is 24.0 Å². The van der Waals surface area contributed by atoms with Gasteiger partial charge < -0.3 is 45.7 Å². The summed E-state index contributed by atoms with van der Waals surface area (Å²) in [6.07, 6.45) is 37.7. The molecule has 0 saturated heterocycles. The number of ether oxygens (including phenoxy) is 2. The van der Waals surface area contributed by atoms with Gasteiger partial charge in [-0.3, -0.25) is 9.71 Å². The Kier molecular flexibility index (Phi) is 35.7. The first kappa shape index (κ1) is 102. The van der Waals surface area contributed by atoms with Crippen molar-refractivity contribution in [2.45, 2.75) is 159 Å². The Morgan fingerprint density at radius 1 is 0.537 bits per heavy atom. The molecule has 0 atom stereocenters. The van der Waals surface area contributed by atoms with E-state index in [0.717, 1.165) is 79.5 Å². The van der Waals surface area contributed by atoms with Crippen LogP contribution in [0.25, 0.3) is 65.7 Å². The number of hydrogen-bond acceptors (Lipinski definition) is 27. The van der Waals surface area contributed by atoms with E-state index in [-0.39, 0.29) is 114 Å². The Balaban J connectivity index is 0.000000154. The molecule has 0 bridgehead atoms. The van der Waals surface area contributed by atoms with E-state index in [0.29, 0.717) is 106 Å². The number of terminal acetylenes is 1. The number of fused-ring (bicyclic) bond motifs is 7. The molecule has 5 aliphatic rings. The molecule has 0 spiro atoms. The van der Waals surface area contributed by atoms with Gasteiger partial charge in [0.25, 0.3) is 0 Å². The molecule has 5 fully saturated rings. The number of Topliss-reactive ketones (excluding diaryl/α,β-unsaturated/α-hetero) is 1. The van der Waals surface area contributed by atoms with Gasteiger partial charge in [0.1, 0.15) is 16.7 Å². The first-order valence-electron chi connectivity index (χ1n) is 41.0. The number of esters is 2. The number of nitrogens with two attached hydrogens (primary N) is 1. The van der Waals surface area contributed by atoms with Gasteiger partial charge >= 0.3 is 66.3 Å². The number of aromatic carboxylic acids is 1. The Bertz CT molecular complexity index is 7140. The summed E-state index contributed by atoms with van der Waals surface area (Å²) in [5, 5.41) is 58.3. The quantitative estimate of drug-likeness (QED) is 0.00711. The third kappa shape index (κ3) is 26.3. The average Bonchev–Trinajstić information content (AvgIpc) is 1.67. The zero-order valence-corrected chi connectivity index (χ0v) is 79.1. The number of rotatable bonds is 23. The van der Waals surface area contributed by atoms with Crippen molar-refractivity contribution in [1.29, 1.82) is 0 Å². The molecule has 134 heavy (non-hydrogen) atoms. The van der Waals surface area contributed by atoms with Crippen LogP contribution in [0.2, 0.25) is 0 Å². The molecule has 0 radical (unpaired) electrons. The van der Waals surface area contributed by atoms with Crippen LogP contribution < -0.4 is 54.2 Å². The largest absolute Gasteiger partial charge is 1.00 e. The number of carboxylic acid groups (broad SMARTS) is 1. The van der Waals surface area contributed by atoms with Crippen molar-refractivity contribution in [1.82, 2.24) is 137 Å². The van der Waals surface area contributed by atoms with Gasteiger partial charge in [0.15, 0.2) is 57.0 Å². The summed E-state index contributed by atoms with van der Waals surface area (Å²) in [6, 6.07) is 23.3. The second-order valence-corrected chi connectivity index (χ2v) is 32.2. The SMILES string of the molecule is C#CC(=O)OCC.CCOC(=O)c1cn(Cc2cn3nc(C4CC4)ccc3n2)nn1.Cl.ClCc1cn2nc(C3CC3)ccc2n1.NCc1ncn2ccc(Br)c(F)c12.O=C(CCc1ncn2ccc(Br)c(F)c12)c1cn(Cc2cn3nc(C4CC4)ccc3n2)nn1.O=C(O)c1cn(Cc2cn3nc(C4CC4)ccc3n2)nn1.[Li+].[N-]=[N+]=NCc1cn2nc(C3CC3)ccc2n1.[N-]=[N+]=[N-].[Na+].[OH-]. The van der Waals surface area contributed by atoms with Crippen molar-refractivity contribution in [3.05, 3.63) is 280 Å². The van der Waals surface area contributed by atoms with Crippen molar-refractivity contribution >= 4 is 119 Å². The van der Waals surface area contributed by atoms with Gasteiger partial charge in [-0.25, -0.2) is 94.7 Å². The topological polar surface area (TPSA) is 548 Å². The monoisotopic (exact) mass is 1990 g/mol. The van der Waals surface area contributed by atoms with Gasteiger partial charge in [-0.05, 0) is 195 Å². The fourth-order valence-electron chi connectivity index (χ4n) is 13.4. The fraction of sp³-hybridized carbons (Fsp3) is 0.325. The Morgan fingerprint density at radius 3 is 1.23 bits per heavy atom. The van der Waals surface area contributed by atoms with Crippen molar-refractivity contribution < 1.29 is 96.4 Å². The van der Waals surface area contributed by atoms with Crippen LogP contribution in [-0.4, -0.2) is 184 Å². The van der Waals surface area contributed by atoms with Gasteiger partial charge in [-0.1, -0.05) is 20.8 Å². The zero-order chi connectivity index (χ0) is 91.1. The average molecular weight is 2000 g/mol. The predicted octanol–water partition coefficient (Wildman–Crippen LogP) is 7.74. The molecule has 5 saturated carbocycles. The summed E-state index contributed by atoms with van der Waals surface area (Å²) in [7, 11) is 0. The van der Waals surface area contributed by atoms with E-state index in [4.69, 9.17) is 43.8 Å². The van der Waals surface area contributed by atoms with E-state index in [1.807, 2.05) is 90.1 Å². The number of alkyl halides is 1. The van der Waals surface area contributed by atoms with E-state index in [9.17, 15) is 28.0 Å². The Morgan fingerprint density at radius 2 is 0.881 bits per heavy atom. The summed E-state index contributed by atoms with van der Waals surface area (Å²) in [6.45, 7) is 5.81. The van der Waals surface area contributed by atoms with Gasteiger partial charge in [0.05, 0.1) is 185 Å². The number of halogens is 6. The Labute approximate surface area is 820 Å². The summed E-state index contributed by atoms with van der Waals surface area (Å²) in [5.74, 6) is 2.29. The van der Waals surface area contributed by atoms with Crippen molar-refractivity contribution in [3.63, 3.8) is 0 Å². The third-order valence-corrected chi connectivity index (χ3v) is 22.0. The molecule has 680 valence electrons. The smallest absolute Gasteiger partial charge is 0.870 e. The van der Waals surface area contributed by atoms with Gasteiger partial charge in [-0.15, -0.1) is 45.7 Å². The maximum atomic E-state index is 14.5. The zero-order valence-electron chi connectivity index (χ0n) is 72.4. The van der Waals surface area contributed by atoms with Crippen LogP contribution in [0.3, 0.4) is 0 Å². The number of pyridine rings is 2. The molecule has 17 aromatic heterocycles. The normalized spacial score (nSPS) is 13.2. The predicted molar refractivity (Wildman–Crippen MR) is 478 cm³/mol. The van der Waals surface area contributed by atoms with Crippen LogP contribution in [0.15, 0.2) is 161 Å². The number of imidazole rings is 7. The van der Waals surface area contributed by atoms with E-state index in [1.54, 1.807) is 99.2 Å². The molecule has 0 aliphatic heterocycles. The molecular weight excluding hydrogens is 1910 g/mol. The molecule has 4 N–H and O–H groups in total. The minimum Gasteiger partial charge on any atom is -0.870 e. The number of azide groups is 1. The number of hydrogen-bond donors (Lipinski definition) is 2. The molecule has 22 rings (SSSR count). The molecule has 5 aliphatic carbocycles. The van der Waals surface area contributed by atoms with Crippen LogP contribution >= 0.6 is 55.9 Å². The molecule has 0 unspecified atom stereocenters. The van der Waals surface area contributed by atoms with Crippen molar-refractivity contribution in [3.8, 4) is 12.3 Å². The number of carbonyl (C=O) groups excluding carboxylic acids is 3. The fourth-order valence-corrected chi connectivity index (χ4v) is 14.1. The van der Waals surface area contributed by atoms with E-state index < -0.39 is 23.7 Å². The minimum absolute atomic E-state index is 0. The summed E-state index contributed by atoms with van der Waals surface area (Å²) in [4.78, 5) is 79.6.